The van der Waals surface area contributed by atoms with Gasteiger partial charge in [0.15, 0.2) is 11.5 Å². The van der Waals surface area contributed by atoms with Gasteiger partial charge in [0, 0.05) is 25.7 Å². The number of hydrogen-bond acceptors (Lipinski definition) is 8. The predicted octanol–water partition coefficient (Wildman–Crippen LogP) is 4.33. The van der Waals surface area contributed by atoms with Crippen molar-refractivity contribution in [2.75, 3.05) is 51.5 Å². The number of ether oxygens (including phenoxy) is 1. The number of fused-ring (bicyclic) bond motifs is 1. The van der Waals surface area contributed by atoms with Crippen LogP contribution in [0.15, 0.2) is 65.7 Å². The first kappa shape index (κ1) is 31.4. The third-order valence-corrected chi connectivity index (χ3v) is 9.49. The largest absolute Gasteiger partial charge is 0.457 e. The first-order chi connectivity index (χ1) is 21.4. The highest BCUT2D eigenvalue weighted by molar-refractivity contribution is 5.85. The van der Waals surface area contributed by atoms with Crippen LogP contribution < -0.4 is 21.5 Å². The van der Waals surface area contributed by atoms with Gasteiger partial charge in [-0.2, -0.15) is 0 Å². The molecule has 1 atom stereocenters. The van der Waals surface area contributed by atoms with E-state index < -0.39 is 24.2 Å². The summed E-state index contributed by atoms with van der Waals surface area (Å²) in [6, 6.07) is 15.5. The van der Waals surface area contributed by atoms with Crippen molar-refractivity contribution in [2.24, 2.45) is 5.92 Å². The Morgan fingerprint density at radius 3 is 2.33 bits per heavy atom. The van der Waals surface area contributed by atoms with E-state index in [1.807, 2.05) is 35.2 Å². The molecule has 3 aliphatic rings. The van der Waals surface area contributed by atoms with Crippen molar-refractivity contribution in [1.29, 1.82) is 0 Å². The van der Waals surface area contributed by atoms with Crippen LogP contribution in [0.1, 0.15) is 31.7 Å². The maximum atomic E-state index is 15.9. The zero-order valence-corrected chi connectivity index (χ0v) is 25.8. The maximum absolute atomic E-state index is 15.9. The fourth-order valence-electron chi connectivity index (χ4n) is 6.89. The van der Waals surface area contributed by atoms with Crippen LogP contribution in [0, 0.1) is 5.92 Å². The number of imidazole rings is 1. The predicted molar refractivity (Wildman–Crippen MR) is 172 cm³/mol. The van der Waals surface area contributed by atoms with Crippen LogP contribution >= 0.6 is 12.4 Å². The summed E-state index contributed by atoms with van der Waals surface area (Å²) in [5.41, 5.74) is 6.40. The summed E-state index contributed by atoms with van der Waals surface area (Å²) < 4.78 is 40.2. The molecular formula is C32H39ClF2N8O2. The van der Waals surface area contributed by atoms with Crippen LogP contribution in [0.25, 0.3) is 16.9 Å². The molecule has 0 radical (unpaired) electrons. The summed E-state index contributed by atoms with van der Waals surface area (Å²) in [6.45, 7) is 5.07. The summed E-state index contributed by atoms with van der Waals surface area (Å²) in [7, 11) is 0. The minimum absolute atomic E-state index is 0. The summed E-state index contributed by atoms with van der Waals surface area (Å²) in [4.78, 5) is 26.7. The minimum Gasteiger partial charge on any atom is -0.457 e. The van der Waals surface area contributed by atoms with E-state index in [0.29, 0.717) is 42.2 Å². The van der Waals surface area contributed by atoms with Crippen LogP contribution in [0.3, 0.4) is 0 Å². The molecule has 7 rings (SSSR count). The Morgan fingerprint density at radius 2 is 1.67 bits per heavy atom. The number of anilines is 1. The van der Waals surface area contributed by atoms with Gasteiger partial charge in [-0.3, -0.25) is 18.9 Å². The minimum atomic E-state index is -3.13. The topological polar surface area (TPSA) is 106 Å². The fourth-order valence-corrected chi connectivity index (χ4v) is 6.89. The van der Waals surface area contributed by atoms with Crippen molar-refractivity contribution in [3.8, 4) is 17.2 Å². The van der Waals surface area contributed by atoms with Crippen LogP contribution in [0.4, 0.5) is 14.6 Å². The van der Waals surface area contributed by atoms with Crippen molar-refractivity contribution >= 4 is 29.4 Å². The first-order valence-corrected chi connectivity index (χ1v) is 15.5. The Bertz CT molecular complexity index is 1650. The normalized spacial score (nSPS) is 21.3. The van der Waals surface area contributed by atoms with Crippen LogP contribution in [0.2, 0.25) is 0 Å². The van der Waals surface area contributed by atoms with E-state index in [1.165, 1.54) is 10.9 Å². The van der Waals surface area contributed by atoms with Gasteiger partial charge in [0.25, 0.3) is 5.92 Å². The smallest absolute Gasteiger partial charge is 0.335 e. The first-order valence-electron chi connectivity index (χ1n) is 15.5. The quantitative estimate of drug-likeness (QED) is 0.293. The molecule has 240 valence electrons. The number of likely N-dealkylation sites (tertiary alicyclic amines) is 2. The highest BCUT2D eigenvalue weighted by Gasteiger charge is 2.47. The van der Waals surface area contributed by atoms with Gasteiger partial charge in [-0.1, -0.05) is 18.2 Å². The van der Waals surface area contributed by atoms with Gasteiger partial charge in [0.05, 0.1) is 12.2 Å². The van der Waals surface area contributed by atoms with Crippen LogP contribution in [-0.4, -0.2) is 86.7 Å². The van der Waals surface area contributed by atoms with E-state index in [-0.39, 0.29) is 35.8 Å². The molecule has 0 aliphatic carbocycles. The molecule has 2 aromatic heterocycles. The lowest BCUT2D eigenvalue weighted by Gasteiger charge is -2.43. The molecule has 0 saturated carbocycles. The van der Waals surface area contributed by atoms with E-state index in [0.717, 1.165) is 50.0 Å². The molecule has 0 spiro atoms. The molecule has 2 aromatic carbocycles. The highest BCUT2D eigenvalue weighted by Crippen LogP contribution is 2.38. The highest BCUT2D eigenvalue weighted by atomic mass is 35.5. The Morgan fingerprint density at radius 1 is 0.956 bits per heavy atom. The average Bonchev–Trinajstić information content (AvgIpc) is 3.29. The zero-order chi connectivity index (χ0) is 30.3. The lowest BCUT2D eigenvalue weighted by molar-refractivity contribution is -0.104. The second-order valence-electron chi connectivity index (χ2n) is 12.2. The third-order valence-electron chi connectivity index (χ3n) is 9.49. The van der Waals surface area contributed by atoms with Gasteiger partial charge >= 0.3 is 5.69 Å². The maximum Gasteiger partial charge on any atom is 0.335 e. The third kappa shape index (κ3) is 6.29. The van der Waals surface area contributed by atoms with Crippen molar-refractivity contribution in [3.63, 3.8) is 0 Å². The molecule has 3 fully saturated rings. The number of para-hydroxylation sites is 1. The SMILES string of the molecule is Cl.Nc1ncnc2c1n(-c1ccc(Oc3ccccc3)cc1)c(=O)n2[C@@H]1CCN(CCC2CCN(C3CNC3)CC2)CC1(F)F. The molecule has 5 heterocycles. The Labute approximate surface area is 266 Å². The molecule has 0 unspecified atom stereocenters. The number of halogens is 3. The summed E-state index contributed by atoms with van der Waals surface area (Å²) in [6.07, 6.45) is 4.52. The van der Waals surface area contributed by atoms with Gasteiger partial charge < -0.3 is 15.8 Å². The molecule has 4 aromatic rings. The molecule has 3 N–H and O–H groups in total. The molecule has 3 aliphatic heterocycles. The van der Waals surface area contributed by atoms with Crippen molar-refractivity contribution in [2.45, 2.75) is 43.7 Å². The van der Waals surface area contributed by atoms with E-state index >= 15 is 8.78 Å². The number of benzene rings is 2. The summed E-state index contributed by atoms with van der Waals surface area (Å²) >= 11 is 0. The Kier molecular flexibility index (Phi) is 9.10. The van der Waals surface area contributed by atoms with Gasteiger partial charge in [-0.05, 0) is 87.6 Å². The van der Waals surface area contributed by atoms with Crippen molar-refractivity contribution in [1.82, 2.24) is 34.2 Å². The molecule has 10 nitrogen and oxygen atoms in total. The number of rotatable bonds is 8. The number of nitrogens with one attached hydrogen (secondary N) is 1. The number of hydrogen-bond donors (Lipinski definition) is 2. The number of aromatic nitrogens is 4. The Balaban J connectivity index is 0.00000357. The lowest BCUT2D eigenvalue weighted by Crippen LogP contribution is -2.58. The van der Waals surface area contributed by atoms with Gasteiger partial charge in [-0.15, -0.1) is 12.4 Å². The van der Waals surface area contributed by atoms with Crippen molar-refractivity contribution < 1.29 is 13.5 Å². The second-order valence-corrected chi connectivity index (χ2v) is 12.2. The molecular weight excluding hydrogens is 602 g/mol. The number of alkyl halides is 2. The fraction of sp³-hybridized carbons (Fsp3) is 0.469. The number of nitrogens with two attached hydrogens (primary N) is 1. The lowest BCUT2D eigenvalue weighted by atomic mass is 9.91. The molecule has 45 heavy (non-hydrogen) atoms. The van der Waals surface area contributed by atoms with E-state index in [1.54, 1.807) is 24.3 Å². The van der Waals surface area contributed by atoms with Crippen LogP contribution in [-0.2, 0) is 0 Å². The summed E-state index contributed by atoms with van der Waals surface area (Å²) in [5, 5.41) is 3.34. The average molecular weight is 641 g/mol. The standard InChI is InChI=1S/C32H38F2N8O2.ClH/c33-32(34)20-39(14-10-22-11-16-40(17-12-22)24-18-36-19-24)15-13-27(32)42-30-28(29(35)37-21-38-30)41(31(42)43)23-6-8-26(9-7-23)44-25-4-2-1-3-5-25;/h1-9,21-22,24,27,36H,10-20H2,(H2,35,37,38);1H/t27-;/m1./s1. The molecule has 13 heteroatoms. The van der Waals surface area contributed by atoms with E-state index in [4.69, 9.17) is 10.5 Å². The monoisotopic (exact) mass is 640 g/mol. The molecule has 0 amide bonds. The van der Waals surface area contributed by atoms with Crippen LogP contribution in [0.5, 0.6) is 11.5 Å². The van der Waals surface area contributed by atoms with E-state index in [9.17, 15) is 4.79 Å². The number of piperidine rings is 2. The number of nitrogen functional groups attached to an aromatic ring is 1. The van der Waals surface area contributed by atoms with Crippen molar-refractivity contribution in [3.05, 3.63) is 71.4 Å². The zero-order valence-electron chi connectivity index (χ0n) is 25.0. The van der Waals surface area contributed by atoms with Gasteiger partial charge in [0.1, 0.15) is 29.4 Å². The second kappa shape index (κ2) is 13.0. The molecule has 3 saturated heterocycles. The van der Waals surface area contributed by atoms with E-state index in [2.05, 4.69) is 20.2 Å². The van der Waals surface area contributed by atoms with Gasteiger partial charge in [-0.25, -0.2) is 23.5 Å². The number of nitrogens with zero attached hydrogens (tertiary/aromatic N) is 6. The molecule has 0 bridgehead atoms. The summed E-state index contributed by atoms with van der Waals surface area (Å²) in [5.74, 6) is -1.27. The van der Waals surface area contributed by atoms with Gasteiger partial charge in [0.2, 0.25) is 0 Å². The Hall–Kier alpha value is -3.58.